The maximum absolute atomic E-state index is 12.3. The highest BCUT2D eigenvalue weighted by atomic mass is 35.5. The van der Waals surface area contributed by atoms with Crippen LogP contribution in [0.3, 0.4) is 0 Å². The topological polar surface area (TPSA) is 110 Å². The molecule has 9 heteroatoms. The third-order valence-electron chi connectivity index (χ3n) is 4.71. The van der Waals surface area contributed by atoms with Crippen LogP contribution in [0, 0.1) is 10.1 Å². The summed E-state index contributed by atoms with van der Waals surface area (Å²) in [6.45, 7) is 0.685. The highest BCUT2D eigenvalue weighted by Crippen LogP contribution is 2.27. The molecule has 1 amide bonds. The molecule has 0 unspecified atom stereocenters. The fraction of sp³-hybridized carbons (Fsp3) is 0.0870. The molecule has 0 bridgehead atoms. The maximum atomic E-state index is 12.3. The van der Waals surface area contributed by atoms with Crippen molar-refractivity contribution in [1.29, 1.82) is 0 Å². The Kier molecular flexibility index (Phi) is 6.23. The highest BCUT2D eigenvalue weighted by molar-refractivity contribution is 6.31. The summed E-state index contributed by atoms with van der Waals surface area (Å²) >= 11 is 6.15. The molecular weight excluding hydrogens is 430 g/mol. The zero-order chi connectivity index (χ0) is 22.5. The summed E-state index contributed by atoms with van der Waals surface area (Å²) in [7, 11) is 0. The van der Waals surface area contributed by atoms with E-state index in [-0.39, 0.29) is 17.2 Å². The van der Waals surface area contributed by atoms with E-state index in [1.54, 1.807) is 12.1 Å². The van der Waals surface area contributed by atoms with Crippen molar-refractivity contribution in [2.75, 3.05) is 18.4 Å². The number of anilines is 1. The van der Waals surface area contributed by atoms with E-state index in [2.05, 4.69) is 20.6 Å². The lowest BCUT2D eigenvalue weighted by Crippen LogP contribution is -2.29. The van der Waals surface area contributed by atoms with Gasteiger partial charge >= 0.3 is 0 Å². The minimum absolute atomic E-state index is 0.129. The summed E-state index contributed by atoms with van der Waals surface area (Å²) < 4.78 is 0. The summed E-state index contributed by atoms with van der Waals surface area (Å²) in [5, 5.41) is 18.3. The molecule has 0 radical (unpaired) electrons. The van der Waals surface area contributed by atoms with Crippen molar-refractivity contribution in [2.24, 2.45) is 0 Å². The number of fused-ring (bicyclic) bond motifs is 1. The number of amides is 1. The predicted octanol–water partition coefficient (Wildman–Crippen LogP) is 4.70. The van der Waals surface area contributed by atoms with Crippen LogP contribution >= 0.6 is 11.6 Å². The minimum atomic E-state index is -0.533. The van der Waals surface area contributed by atoms with Crippen molar-refractivity contribution in [1.82, 2.24) is 15.3 Å². The monoisotopic (exact) mass is 447 g/mol. The molecule has 4 rings (SSSR count). The number of carbonyl (C=O) groups excluding carboxylic acids is 1. The number of rotatable bonds is 7. The number of hydrogen-bond donors (Lipinski definition) is 2. The van der Waals surface area contributed by atoms with Crippen molar-refractivity contribution in [3.8, 4) is 11.4 Å². The van der Waals surface area contributed by atoms with Crippen molar-refractivity contribution in [2.45, 2.75) is 0 Å². The first-order valence-electron chi connectivity index (χ1n) is 9.80. The molecule has 0 saturated carbocycles. The number of nitro benzene ring substituents is 1. The fourth-order valence-electron chi connectivity index (χ4n) is 3.17. The minimum Gasteiger partial charge on any atom is -0.368 e. The predicted molar refractivity (Wildman–Crippen MR) is 124 cm³/mol. The van der Waals surface area contributed by atoms with Crippen LogP contribution in [0.25, 0.3) is 22.3 Å². The SMILES string of the molecule is O=C(NCCNc1nc(-c2ccccc2)nc2cc(Cl)ccc12)c1cccc([N+](=O)[O-])c1. The molecule has 0 aliphatic heterocycles. The number of nitro groups is 1. The van der Waals surface area contributed by atoms with E-state index >= 15 is 0 Å². The van der Waals surface area contributed by atoms with E-state index in [9.17, 15) is 14.9 Å². The number of carbonyl (C=O) groups is 1. The zero-order valence-electron chi connectivity index (χ0n) is 16.8. The van der Waals surface area contributed by atoms with Crippen LogP contribution < -0.4 is 10.6 Å². The molecule has 0 spiro atoms. The summed E-state index contributed by atoms with van der Waals surface area (Å²) in [5.41, 5.74) is 1.67. The van der Waals surface area contributed by atoms with E-state index in [1.165, 1.54) is 24.3 Å². The highest BCUT2D eigenvalue weighted by Gasteiger charge is 2.12. The van der Waals surface area contributed by atoms with Gasteiger partial charge in [0.2, 0.25) is 0 Å². The Bertz CT molecular complexity index is 1300. The van der Waals surface area contributed by atoms with Crippen LogP contribution in [0.2, 0.25) is 5.02 Å². The second-order valence-corrected chi connectivity index (χ2v) is 7.35. The quantitative estimate of drug-likeness (QED) is 0.241. The van der Waals surface area contributed by atoms with Crippen molar-refractivity contribution in [3.63, 3.8) is 0 Å². The third kappa shape index (κ3) is 4.81. The van der Waals surface area contributed by atoms with Gasteiger partial charge in [0.1, 0.15) is 5.82 Å². The largest absolute Gasteiger partial charge is 0.368 e. The van der Waals surface area contributed by atoms with Crippen LogP contribution in [0.4, 0.5) is 11.5 Å². The summed E-state index contributed by atoms with van der Waals surface area (Å²) in [5.74, 6) is 0.790. The second kappa shape index (κ2) is 9.40. The van der Waals surface area contributed by atoms with Crippen molar-refractivity contribution >= 4 is 39.9 Å². The van der Waals surface area contributed by atoms with Crippen molar-refractivity contribution in [3.05, 3.63) is 93.5 Å². The Morgan fingerprint density at radius 3 is 2.56 bits per heavy atom. The smallest absolute Gasteiger partial charge is 0.270 e. The van der Waals surface area contributed by atoms with Gasteiger partial charge in [-0.05, 0) is 24.3 Å². The number of non-ortho nitro benzene ring substituents is 1. The molecule has 2 N–H and O–H groups in total. The lowest BCUT2D eigenvalue weighted by molar-refractivity contribution is -0.384. The van der Waals surface area contributed by atoms with E-state index in [0.29, 0.717) is 35.3 Å². The molecule has 0 aliphatic rings. The Morgan fingerprint density at radius 2 is 1.78 bits per heavy atom. The van der Waals surface area contributed by atoms with Gasteiger partial charge in [0, 0.05) is 46.8 Å². The van der Waals surface area contributed by atoms with Crippen LogP contribution in [0.5, 0.6) is 0 Å². The zero-order valence-corrected chi connectivity index (χ0v) is 17.5. The molecule has 1 aromatic heterocycles. The van der Waals surface area contributed by atoms with E-state index in [0.717, 1.165) is 10.9 Å². The molecule has 160 valence electrons. The van der Waals surface area contributed by atoms with Crippen LogP contribution in [-0.2, 0) is 0 Å². The van der Waals surface area contributed by atoms with Gasteiger partial charge in [-0.3, -0.25) is 14.9 Å². The van der Waals surface area contributed by atoms with E-state index in [4.69, 9.17) is 11.6 Å². The number of benzene rings is 3. The Balaban J connectivity index is 1.49. The van der Waals surface area contributed by atoms with E-state index in [1.807, 2.05) is 36.4 Å². The molecule has 3 aromatic carbocycles. The Morgan fingerprint density at radius 1 is 0.969 bits per heavy atom. The normalized spacial score (nSPS) is 10.7. The van der Waals surface area contributed by atoms with Gasteiger partial charge in [-0.15, -0.1) is 0 Å². The average Bonchev–Trinajstić information content (AvgIpc) is 2.81. The molecule has 8 nitrogen and oxygen atoms in total. The van der Waals surface area contributed by atoms with Gasteiger partial charge < -0.3 is 10.6 Å². The first kappa shape index (κ1) is 21.2. The molecule has 0 aliphatic carbocycles. The Hall–Kier alpha value is -4.04. The number of aromatic nitrogens is 2. The van der Waals surface area contributed by atoms with Gasteiger partial charge in [0.15, 0.2) is 5.82 Å². The molecule has 4 aromatic rings. The number of nitrogens with zero attached hydrogens (tertiary/aromatic N) is 3. The first-order valence-corrected chi connectivity index (χ1v) is 10.2. The van der Waals surface area contributed by atoms with Gasteiger partial charge in [-0.25, -0.2) is 9.97 Å². The lowest BCUT2D eigenvalue weighted by atomic mass is 10.2. The summed E-state index contributed by atoms with van der Waals surface area (Å²) in [6, 6.07) is 20.6. The standard InChI is InChI=1S/C23H18ClN5O3/c24-17-9-10-19-20(14-17)27-21(15-5-2-1-3-6-15)28-22(19)25-11-12-26-23(30)16-7-4-8-18(13-16)29(31)32/h1-10,13-14H,11-12H2,(H,26,30)(H,25,27,28). The molecular formula is C23H18ClN5O3. The number of nitrogens with one attached hydrogen (secondary N) is 2. The molecule has 0 atom stereocenters. The van der Waals surface area contributed by atoms with Crippen LogP contribution in [0.15, 0.2) is 72.8 Å². The van der Waals surface area contributed by atoms with Crippen LogP contribution in [0.1, 0.15) is 10.4 Å². The molecule has 1 heterocycles. The lowest BCUT2D eigenvalue weighted by Gasteiger charge is -2.12. The van der Waals surface area contributed by atoms with Gasteiger partial charge in [0.25, 0.3) is 11.6 Å². The van der Waals surface area contributed by atoms with Crippen LogP contribution in [-0.4, -0.2) is 33.9 Å². The number of halogens is 1. The van der Waals surface area contributed by atoms with Gasteiger partial charge in [0.05, 0.1) is 10.4 Å². The fourth-order valence-corrected chi connectivity index (χ4v) is 3.34. The average molecular weight is 448 g/mol. The third-order valence-corrected chi connectivity index (χ3v) is 4.95. The molecule has 0 fully saturated rings. The van der Waals surface area contributed by atoms with Gasteiger partial charge in [-0.1, -0.05) is 48.0 Å². The maximum Gasteiger partial charge on any atom is 0.270 e. The molecule has 0 saturated heterocycles. The number of hydrogen-bond acceptors (Lipinski definition) is 6. The Labute approximate surface area is 188 Å². The van der Waals surface area contributed by atoms with E-state index < -0.39 is 4.92 Å². The summed E-state index contributed by atoms with van der Waals surface area (Å²) in [6.07, 6.45) is 0. The first-order chi connectivity index (χ1) is 15.5. The van der Waals surface area contributed by atoms with Crippen molar-refractivity contribution < 1.29 is 9.72 Å². The molecule has 32 heavy (non-hydrogen) atoms. The second-order valence-electron chi connectivity index (χ2n) is 6.91. The summed E-state index contributed by atoms with van der Waals surface area (Å²) in [4.78, 5) is 32.0. The van der Waals surface area contributed by atoms with Gasteiger partial charge in [-0.2, -0.15) is 0 Å².